The number of hydrogen-bond acceptors (Lipinski definition) is 7. The molecule has 7 nitrogen and oxygen atoms in total. The van der Waals surface area contributed by atoms with Crippen LogP contribution in [0.3, 0.4) is 0 Å². The van der Waals surface area contributed by atoms with Crippen molar-refractivity contribution in [2.45, 2.75) is 38.1 Å². The van der Waals surface area contributed by atoms with E-state index in [1.54, 1.807) is 32.0 Å². The standard InChI is InChI=1S/C22H24N2O5/c1-20(2)21(27,15-8-10-24(3)11-9-15)17-12-14(13-23)4-5-16(17)22(20)28-18(25)6-7-19(26)29-22/h4-7,12,15,27H,8-11H2,1-3H3. The van der Waals surface area contributed by atoms with E-state index in [1.165, 1.54) is 0 Å². The van der Waals surface area contributed by atoms with Crippen LogP contribution in [0.25, 0.3) is 0 Å². The Morgan fingerprint density at radius 2 is 1.69 bits per heavy atom. The Morgan fingerprint density at radius 1 is 1.10 bits per heavy atom. The molecule has 1 N–H and O–H groups in total. The quantitative estimate of drug-likeness (QED) is 0.724. The molecule has 0 aromatic heterocycles. The first kappa shape index (κ1) is 19.6. The van der Waals surface area contributed by atoms with Gasteiger partial charge < -0.3 is 19.5 Å². The lowest BCUT2D eigenvalue weighted by atomic mass is 9.63. The Hall–Kier alpha value is -2.69. The van der Waals surface area contributed by atoms with Crippen LogP contribution in [0.1, 0.15) is 43.4 Å². The zero-order valence-electron chi connectivity index (χ0n) is 16.8. The summed E-state index contributed by atoms with van der Waals surface area (Å²) in [5.74, 6) is -3.38. The number of esters is 2. The van der Waals surface area contributed by atoms with Gasteiger partial charge in [0, 0.05) is 17.7 Å². The van der Waals surface area contributed by atoms with Crippen molar-refractivity contribution in [3.63, 3.8) is 0 Å². The summed E-state index contributed by atoms with van der Waals surface area (Å²) in [5, 5.41) is 21.7. The largest absolute Gasteiger partial charge is 0.414 e. The van der Waals surface area contributed by atoms with Crippen LogP contribution in [0, 0.1) is 22.7 Å². The normalized spacial score (nSPS) is 28.4. The van der Waals surface area contributed by atoms with Crippen LogP contribution in [0.2, 0.25) is 0 Å². The molecule has 1 aliphatic carbocycles. The predicted octanol–water partition coefficient (Wildman–Crippen LogP) is 1.94. The number of benzene rings is 1. The Bertz CT molecular complexity index is 932. The van der Waals surface area contributed by atoms with Gasteiger partial charge >= 0.3 is 11.9 Å². The van der Waals surface area contributed by atoms with Crippen molar-refractivity contribution < 1.29 is 24.2 Å². The highest BCUT2D eigenvalue weighted by molar-refractivity contribution is 5.93. The minimum absolute atomic E-state index is 0.158. The molecule has 1 saturated heterocycles. The van der Waals surface area contributed by atoms with Crippen LogP contribution in [-0.4, -0.2) is 42.1 Å². The fourth-order valence-electron chi connectivity index (χ4n) is 5.17. The molecule has 3 aliphatic rings. The first-order valence-corrected chi connectivity index (χ1v) is 9.76. The Labute approximate surface area is 169 Å². The summed E-state index contributed by atoms with van der Waals surface area (Å²) >= 11 is 0. The average Bonchev–Trinajstić information content (AvgIpc) is 2.80. The first-order chi connectivity index (χ1) is 13.7. The topological polar surface area (TPSA) is 99.9 Å². The number of rotatable bonds is 1. The van der Waals surface area contributed by atoms with Crippen molar-refractivity contribution in [3.8, 4) is 6.07 Å². The second-order valence-electron chi connectivity index (χ2n) is 8.63. The van der Waals surface area contributed by atoms with Gasteiger partial charge in [-0.25, -0.2) is 9.59 Å². The summed E-state index contributed by atoms with van der Waals surface area (Å²) in [6.07, 6.45) is 3.51. The highest BCUT2D eigenvalue weighted by Crippen LogP contribution is 2.66. The number of aliphatic hydroxyl groups is 1. The van der Waals surface area contributed by atoms with E-state index in [-0.39, 0.29) is 5.92 Å². The first-order valence-electron chi connectivity index (χ1n) is 9.76. The molecule has 1 aromatic carbocycles. The van der Waals surface area contributed by atoms with E-state index in [0.29, 0.717) is 16.7 Å². The third-order valence-electron chi connectivity index (χ3n) is 6.84. The number of likely N-dealkylation sites (tertiary alicyclic amines) is 1. The smallest absolute Gasteiger partial charge is 0.334 e. The number of hydrogen-bond donors (Lipinski definition) is 1. The van der Waals surface area contributed by atoms with E-state index in [1.807, 2.05) is 7.05 Å². The van der Waals surface area contributed by atoms with Gasteiger partial charge in [-0.15, -0.1) is 0 Å². The van der Waals surface area contributed by atoms with E-state index in [4.69, 9.17) is 9.47 Å². The minimum atomic E-state index is -1.79. The van der Waals surface area contributed by atoms with Crippen molar-refractivity contribution in [3.05, 3.63) is 47.0 Å². The second-order valence-corrected chi connectivity index (χ2v) is 8.63. The SMILES string of the molecule is CN1CCC(C2(O)c3cc(C#N)ccc3C3(OC(=O)C=CC(=O)O3)C2(C)C)CC1. The summed E-state index contributed by atoms with van der Waals surface area (Å²) in [6.45, 7) is 5.13. The molecule has 1 unspecified atom stereocenters. The molecule has 152 valence electrons. The van der Waals surface area contributed by atoms with Crippen LogP contribution >= 0.6 is 0 Å². The van der Waals surface area contributed by atoms with Crippen LogP contribution in [0.15, 0.2) is 30.4 Å². The van der Waals surface area contributed by atoms with Crippen LogP contribution in [0.4, 0.5) is 0 Å². The zero-order chi connectivity index (χ0) is 21.0. The number of nitrogens with zero attached hydrogens (tertiary/aromatic N) is 2. The molecule has 7 heteroatoms. The summed E-state index contributed by atoms with van der Waals surface area (Å²) < 4.78 is 11.5. The van der Waals surface area contributed by atoms with Gasteiger partial charge in [-0.05, 0) is 76.5 Å². The Balaban J connectivity index is 1.96. The summed E-state index contributed by atoms with van der Waals surface area (Å²) in [7, 11) is 2.03. The Kier molecular flexibility index (Phi) is 4.34. The molecule has 2 aliphatic heterocycles. The van der Waals surface area contributed by atoms with E-state index >= 15 is 0 Å². The highest BCUT2D eigenvalue weighted by Gasteiger charge is 2.72. The fourth-order valence-corrected chi connectivity index (χ4v) is 5.17. The third kappa shape index (κ3) is 2.56. The minimum Gasteiger partial charge on any atom is -0.414 e. The molecular formula is C22H24N2O5. The lowest BCUT2D eigenvalue weighted by Crippen LogP contribution is -2.56. The van der Waals surface area contributed by atoms with Gasteiger partial charge in [-0.3, -0.25) is 0 Å². The second kappa shape index (κ2) is 6.41. The molecule has 1 aromatic rings. The van der Waals surface area contributed by atoms with Gasteiger partial charge in [0.15, 0.2) is 0 Å². The molecule has 4 rings (SSSR count). The number of carbonyl (C=O) groups excluding carboxylic acids is 2. The summed E-state index contributed by atoms with van der Waals surface area (Å²) in [4.78, 5) is 26.9. The van der Waals surface area contributed by atoms with Gasteiger partial charge in [0.05, 0.1) is 17.0 Å². The van der Waals surface area contributed by atoms with Crippen LogP contribution < -0.4 is 0 Å². The molecule has 0 saturated carbocycles. The van der Waals surface area contributed by atoms with Crippen molar-refractivity contribution >= 4 is 11.9 Å². The summed E-state index contributed by atoms with van der Waals surface area (Å²) in [5.41, 5.74) is -1.37. The van der Waals surface area contributed by atoms with Crippen LogP contribution in [0.5, 0.6) is 0 Å². The van der Waals surface area contributed by atoms with E-state index in [0.717, 1.165) is 38.1 Å². The van der Waals surface area contributed by atoms with Crippen molar-refractivity contribution in [1.82, 2.24) is 4.90 Å². The molecule has 1 atom stereocenters. The molecule has 1 fully saturated rings. The van der Waals surface area contributed by atoms with Crippen LogP contribution in [-0.2, 0) is 30.5 Å². The van der Waals surface area contributed by atoms with Crippen molar-refractivity contribution in [2.24, 2.45) is 11.3 Å². The molecule has 2 heterocycles. The van der Waals surface area contributed by atoms with Gasteiger partial charge in [0.1, 0.15) is 5.60 Å². The van der Waals surface area contributed by atoms with E-state index < -0.39 is 28.7 Å². The maximum atomic E-state index is 12.4. The zero-order valence-corrected chi connectivity index (χ0v) is 16.8. The Morgan fingerprint density at radius 3 is 2.24 bits per heavy atom. The molecule has 0 amide bonds. The van der Waals surface area contributed by atoms with Gasteiger partial charge in [-0.2, -0.15) is 5.26 Å². The molecule has 0 radical (unpaired) electrons. The van der Waals surface area contributed by atoms with Gasteiger partial charge in [0.25, 0.3) is 5.79 Å². The molecule has 1 spiro atoms. The highest BCUT2D eigenvalue weighted by atomic mass is 16.7. The monoisotopic (exact) mass is 396 g/mol. The lowest BCUT2D eigenvalue weighted by molar-refractivity contribution is -0.302. The average molecular weight is 396 g/mol. The third-order valence-corrected chi connectivity index (χ3v) is 6.84. The molecule has 29 heavy (non-hydrogen) atoms. The van der Waals surface area contributed by atoms with E-state index in [9.17, 15) is 20.0 Å². The maximum absolute atomic E-state index is 12.4. The summed E-state index contributed by atoms with van der Waals surface area (Å²) in [6, 6.07) is 6.93. The number of piperidine rings is 1. The lowest BCUT2D eigenvalue weighted by Gasteiger charge is -2.50. The van der Waals surface area contributed by atoms with Gasteiger partial charge in [-0.1, -0.05) is 0 Å². The van der Waals surface area contributed by atoms with Gasteiger partial charge in [0.2, 0.25) is 0 Å². The number of nitriles is 1. The number of ether oxygens (including phenoxy) is 2. The van der Waals surface area contributed by atoms with E-state index in [2.05, 4.69) is 11.0 Å². The molecular weight excluding hydrogens is 372 g/mol. The molecule has 0 bridgehead atoms. The number of carbonyl (C=O) groups is 2. The van der Waals surface area contributed by atoms with Crippen molar-refractivity contribution in [2.75, 3.05) is 20.1 Å². The van der Waals surface area contributed by atoms with Crippen molar-refractivity contribution in [1.29, 1.82) is 5.26 Å². The fraction of sp³-hybridized carbons (Fsp3) is 0.500. The number of fused-ring (bicyclic) bond motifs is 2. The maximum Gasteiger partial charge on any atom is 0.334 e. The predicted molar refractivity (Wildman–Crippen MR) is 102 cm³/mol.